The molecule has 1 aromatic rings. The van der Waals surface area contributed by atoms with Gasteiger partial charge in [0.2, 0.25) is 15.9 Å². The Morgan fingerprint density at radius 2 is 1.87 bits per heavy atom. The van der Waals surface area contributed by atoms with Gasteiger partial charge in [0, 0.05) is 13.6 Å². The SMILES string of the molecule is CCC(NS(=O)(=O)c1ccc(F)cc1)C(=O)N(C)CCC(=O)O. The van der Waals surface area contributed by atoms with Crippen molar-refractivity contribution in [3.8, 4) is 0 Å². The minimum absolute atomic E-state index is 0.0249. The third kappa shape index (κ3) is 5.61. The van der Waals surface area contributed by atoms with Gasteiger partial charge in [0.1, 0.15) is 11.9 Å². The fraction of sp³-hybridized carbons (Fsp3) is 0.429. The first-order chi connectivity index (χ1) is 10.7. The van der Waals surface area contributed by atoms with Gasteiger partial charge in [-0.3, -0.25) is 9.59 Å². The number of carbonyl (C=O) groups is 2. The molecular weight excluding hydrogens is 327 g/mol. The zero-order valence-corrected chi connectivity index (χ0v) is 13.6. The molecule has 0 heterocycles. The van der Waals surface area contributed by atoms with Crippen LogP contribution in [0, 0.1) is 5.82 Å². The van der Waals surface area contributed by atoms with Crippen LogP contribution in [-0.2, 0) is 19.6 Å². The van der Waals surface area contributed by atoms with Crippen LogP contribution in [0.25, 0.3) is 0 Å². The Kier molecular flexibility index (Phi) is 6.64. The van der Waals surface area contributed by atoms with Gasteiger partial charge in [-0.25, -0.2) is 12.8 Å². The molecule has 0 aliphatic heterocycles. The number of likely N-dealkylation sites (N-methyl/N-ethyl adjacent to an activating group) is 1. The molecule has 0 radical (unpaired) electrons. The summed E-state index contributed by atoms with van der Waals surface area (Å²) in [7, 11) is -2.58. The summed E-state index contributed by atoms with van der Waals surface area (Å²) >= 11 is 0. The number of nitrogens with one attached hydrogen (secondary N) is 1. The van der Waals surface area contributed by atoms with E-state index in [2.05, 4.69) is 4.72 Å². The van der Waals surface area contributed by atoms with Gasteiger partial charge in [0.25, 0.3) is 0 Å². The Labute approximate surface area is 134 Å². The fourth-order valence-electron chi connectivity index (χ4n) is 1.82. The molecule has 0 spiro atoms. The zero-order chi connectivity index (χ0) is 17.6. The summed E-state index contributed by atoms with van der Waals surface area (Å²) in [5, 5.41) is 8.62. The molecule has 0 saturated carbocycles. The fourth-order valence-corrected chi connectivity index (χ4v) is 3.09. The Hall–Kier alpha value is -2.00. The summed E-state index contributed by atoms with van der Waals surface area (Å²) in [6, 6.07) is 3.20. The number of carbonyl (C=O) groups excluding carboxylic acids is 1. The van der Waals surface area contributed by atoms with E-state index in [1.807, 2.05) is 0 Å². The van der Waals surface area contributed by atoms with E-state index in [-0.39, 0.29) is 24.3 Å². The van der Waals surface area contributed by atoms with E-state index in [9.17, 15) is 22.4 Å². The maximum atomic E-state index is 12.9. The molecule has 0 aliphatic carbocycles. The lowest BCUT2D eigenvalue weighted by molar-refractivity contribution is -0.138. The second-order valence-electron chi connectivity index (χ2n) is 4.94. The molecule has 0 aliphatic rings. The highest BCUT2D eigenvalue weighted by Crippen LogP contribution is 2.11. The van der Waals surface area contributed by atoms with Crippen molar-refractivity contribution in [2.75, 3.05) is 13.6 Å². The molecule has 7 nitrogen and oxygen atoms in total. The van der Waals surface area contributed by atoms with Crippen LogP contribution in [-0.4, -0.2) is 49.9 Å². The number of rotatable bonds is 8. The molecule has 23 heavy (non-hydrogen) atoms. The van der Waals surface area contributed by atoms with Crippen LogP contribution in [0.15, 0.2) is 29.2 Å². The van der Waals surface area contributed by atoms with Gasteiger partial charge in [-0.05, 0) is 30.7 Å². The van der Waals surface area contributed by atoms with Gasteiger partial charge in [0.05, 0.1) is 11.3 Å². The number of hydrogen-bond donors (Lipinski definition) is 2. The Balaban J connectivity index is 2.83. The minimum Gasteiger partial charge on any atom is -0.481 e. The number of carboxylic acid groups (broad SMARTS) is 1. The Bertz CT molecular complexity index is 660. The summed E-state index contributed by atoms with van der Waals surface area (Å²) in [5.74, 6) is -2.15. The lowest BCUT2D eigenvalue weighted by atomic mass is 10.2. The van der Waals surface area contributed by atoms with Gasteiger partial charge in [-0.2, -0.15) is 4.72 Å². The highest BCUT2D eigenvalue weighted by molar-refractivity contribution is 7.89. The van der Waals surface area contributed by atoms with Crippen LogP contribution in [0.3, 0.4) is 0 Å². The number of benzene rings is 1. The summed E-state index contributed by atoms with van der Waals surface area (Å²) in [4.78, 5) is 23.7. The van der Waals surface area contributed by atoms with Gasteiger partial charge < -0.3 is 10.0 Å². The van der Waals surface area contributed by atoms with E-state index in [1.165, 1.54) is 7.05 Å². The van der Waals surface area contributed by atoms with Crippen molar-refractivity contribution in [3.05, 3.63) is 30.1 Å². The Morgan fingerprint density at radius 1 is 1.30 bits per heavy atom. The predicted molar refractivity (Wildman–Crippen MR) is 80.7 cm³/mol. The minimum atomic E-state index is -3.98. The molecule has 1 rings (SSSR count). The number of amides is 1. The number of carboxylic acids is 1. The van der Waals surface area contributed by atoms with Crippen LogP contribution in [0.2, 0.25) is 0 Å². The van der Waals surface area contributed by atoms with E-state index < -0.39 is 33.8 Å². The van der Waals surface area contributed by atoms with Crippen molar-refractivity contribution < 1.29 is 27.5 Å². The zero-order valence-electron chi connectivity index (χ0n) is 12.8. The van der Waals surface area contributed by atoms with E-state index in [0.717, 1.165) is 29.2 Å². The van der Waals surface area contributed by atoms with Gasteiger partial charge >= 0.3 is 5.97 Å². The van der Waals surface area contributed by atoms with Crippen LogP contribution >= 0.6 is 0 Å². The number of aliphatic carboxylic acids is 1. The van der Waals surface area contributed by atoms with Crippen molar-refractivity contribution in [1.29, 1.82) is 0 Å². The van der Waals surface area contributed by atoms with Crippen LogP contribution < -0.4 is 4.72 Å². The molecule has 1 atom stereocenters. The largest absolute Gasteiger partial charge is 0.481 e. The average Bonchev–Trinajstić information content (AvgIpc) is 2.50. The molecule has 9 heteroatoms. The highest BCUT2D eigenvalue weighted by atomic mass is 32.2. The molecule has 1 amide bonds. The van der Waals surface area contributed by atoms with Gasteiger partial charge in [-0.1, -0.05) is 6.92 Å². The maximum Gasteiger partial charge on any atom is 0.305 e. The second-order valence-corrected chi connectivity index (χ2v) is 6.65. The lowest BCUT2D eigenvalue weighted by Gasteiger charge is -2.23. The van der Waals surface area contributed by atoms with Crippen molar-refractivity contribution >= 4 is 21.9 Å². The van der Waals surface area contributed by atoms with E-state index in [4.69, 9.17) is 5.11 Å². The predicted octanol–water partition coefficient (Wildman–Crippen LogP) is 0.816. The highest BCUT2D eigenvalue weighted by Gasteiger charge is 2.26. The molecule has 128 valence electrons. The lowest BCUT2D eigenvalue weighted by Crippen LogP contribution is -2.47. The first-order valence-electron chi connectivity index (χ1n) is 6.92. The van der Waals surface area contributed by atoms with Gasteiger partial charge in [0.15, 0.2) is 0 Å². The smallest absolute Gasteiger partial charge is 0.305 e. The van der Waals surface area contributed by atoms with Crippen LogP contribution in [0.5, 0.6) is 0 Å². The molecule has 1 aromatic carbocycles. The number of hydrogen-bond acceptors (Lipinski definition) is 4. The number of nitrogens with zero attached hydrogens (tertiary/aromatic N) is 1. The molecule has 0 fully saturated rings. The average molecular weight is 346 g/mol. The summed E-state index contributed by atoms with van der Waals surface area (Å²) in [6.45, 7) is 1.60. The summed E-state index contributed by atoms with van der Waals surface area (Å²) < 4.78 is 39.5. The normalized spacial score (nSPS) is 12.7. The van der Waals surface area contributed by atoms with Crippen molar-refractivity contribution in [2.24, 2.45) is 0 Å². The maximum absolute atomic E-state index is 12.9. The van der Waals surface area contributed by atoms with Crippen molar-refractivity contribution in [3.63, 3.8) is 0 Å². The third-order valence-corrected chi connectivity index (χ3v) is 4.65. The second kappa shape index (κ2) is 8.02. The van der Waals surface area contributed by atoms with Gasteiger partial charge in [-0.15, -0.1) is 0 Å². The monoisotopic (exact) mass is 346 g/mol. The quantitative estimate of drug-likeness (QED) is 0.725. The first-order valence-corrected chi connectivity index (χ1v) is 8.40. The number of sulfonamides is 1. The number of halogens is 1. The summed E-state index contributed by atoms with van der Waals surface area (Å²) in [6.07, 6.45) is -0.0416. The van der Waals surface area contributed by atoms with E-state index >= 15 is 0 Å². The molecule has 1 unspecified atom stereocenters. The molecule has 0 bridgehead atoms. The van der Waals surface area contributed by atoms with Crippen molar-refractivity contribution in [2.45, 2.75) is 30.7 Å². The summed E-state index contributed by atoms with van der Waals surface area (Å²) in [5.41, 5.74) is 0. The Morgan fingerprint density at radius 3 is 2.35 bits per heavy atom. The van der Waals surface area contributed by atoms with Crippen LogP contribution in [0.4, 0.5) is 4.39 Å². The van der Waals surface area contributed by atoms with Crippen molar-refractivity contribution in [1.82, 2.24) is 9.62 Å². The standard InChI is InChI=1S/C14H19FN2O5S/c1-3-12(14(20)17(2)9-8-13(18)19)16-23(21,22)11-6-4-10(15)5-7-11/h4-7,12,16H,3,8-9H2,1-2H3,(H,18,19). The van der Waals surface area contributed by atoms with E-state index in [1.54, 1.807) is 6.92 Å². The first kappa shape index (κ1) is 19.0. The van der Waals surface area contributed by atoms with E-state index in [0.29, 0.717) is 0 Å². The topological polar surface area (TPSA) is 104 Å². The molecular formula is C14H19FN2O5S. The van der Waals surface area contributed by atoms with Crippen LogP contribution in [0.1, 0.15) is 19.8 Å². The molecule has 0 saturated heterocycles. The molecule has 0 aromatic heterocycles. The molecule has 2 N–H and O–H groups in total. The third-order valence-electron chi connectivity index (χ3n) is 3.16.